The molecule has 0 atom stereocenters. The van der Waals surface area contributed by atoms with E-state index in [0.29, 0.717) is 0 Å². The van der Waals surface area contributed by atoms with Crippen LogP contribution >= 0.6 is 0 Å². The largest absolute Gasteiger partial charge is 0.341 e. The van der Waals surface area contributed by atoms with Crippen LogP contribution in [-0.4, -0.2) is 25.7 Å². The van der Waals surface area contributed by atoms with E-state index in [1.807, 2.05) is 43.8 Å². The predicted molar refractivity (Wildman–Crippen MR) is 105 cm³/mol. The van der Waals surface area contributed by atoms with Gasteiger partial charge in [-0.3, -0.25) is 9.48 Å². The van der Waals surface area contributed by atoms with Crippen molar-refractivity contribution >= 4 is 28.7 Å². The van der Waals surface area contributed by atoms with Gasteiger partial charge in [0.05, 0.1) is 16.7 Å². The van der Waals surface area contributed by atoms with E-state index in [1.165, 1.54) is 6.08 Å². The summed E-state index contributed by atoms with van der Waals surface area (Å²) in [4.78, 5) is 20.2. The number of aromatic nitrogens is 4. The summed E-state index contributed by atoms with van der Waals surface area (Å²) in [6.07, 6.45) is 3.34. The number of aromatic amines is 1. The summed E-state index contributed by atoms with van der Waals surface area (Å²) in [6, 6.07) is 5.68. The van der Waals surface area contributed by atoms with Gasteiger partial charge < -0.3 is 10.3 Å². The Morgan fingerprint density at radius 3 is 2.62 bits per heavy atom. The third kappa shape index (κ3) is 3.54. The highest BCUT2D eigenvalue weighted by Crippen LogP contribution is 2.24. The van der Waals surface area contributed by atoms with Gasteiger partial charge in [0.1, 0.15) is 5.82 Å². The molecule has 0 aliphatic rings. The van der Waals surface area contributed by atoms with Crippen molar-refractivity contribution in [3.05, 3.63) is 47.1 Å². The predicted octanol–water partition coefficient (Wildman–Crippen LogP) is 3.86. The maximum Gasteiger partial charge on any atom is 0.248 e. The standard InChI is InChI=1S/C20H25N5O/c1-12-15(13(2)25(6)24-12)8-10-18(26)21-14-7-9-16-17(11-14)23-19(22-16)20(3,4)5/h7-11H,1-6H3,(H,21,26)(H,22,23). The fourth-order valence-electron chi connectivity index (χ4n) is 2.82. The summed E-state index contributed by atoms with van der Waals surface area (Å²) in [6.45, 7) is 10.3. The average Bonchev–Trinajstić information content (AvgIpc) is 3.07. The van der Waals surface area contributed by atoms with Crippen molar-refractivity contribution in [3.63, 3.8) is 0 Å². The Bertz CT molecular complexity index is 1000. The number of imidazole rings is 1. The zero-order valence-corrected chi connectivity index (χ0v) is 16.1. The molecule has 1 amide bonds. The summed E-state index contributed by atoms with van der Waals surface area (Å²) < 4.78 is 1.81. The molecule has 0 aliphatic heterocycles. The van der Waals surface area contributed by atoms with E-state index in [1.54, 1.807) is 6.08 Å². The summed E-state index contributed by atoms with van der Waals surface area (Å²) in [5, 5.41) is 7.25. The lowest BCUT2D eigenvalue weighted by atomic mass is 9.96. The first-order valence-corrected chi connectivity index (χ1v) is 8.64. The first-order valence-electron chi connectivity index (χ1n) is 8.64. The number of H-pyrrole nitrogens is 1. The van der Waals surface area contributed by atoms with Gasteiger partial charge in [-0.2, -0.15) is 5.10 Å². The van der Waals surface area contributed by atoms with Crippen LogP contribution in [0, 0.1) is 13.8 Å². The van der Waals surface area contributed by atoms with E-state index < -0.39 is 0 Å². The van der Waals surface area contributed by atoms with Crippen LogP contribution in [0.1, 0.15) is 43.5 Å². The van der Waals surface area contributed by atoms with Crippen molar-refractivity contribution in [1.82, 2.24) is 19.7 Å². The number of nitrogens with zero attached hydrogens (tertiary/aromatic N) is 3. The minimum Gasteiger partial charge on any atom is -0.341 e. The maximum absolute atomic E-state index is 12.3. The average molecular weight is 351 g/mol. The molecule has 0 aliphatic carbocycles. The molecule has 136 valence electrons. The van der Waals surface area contributed by atoms with Crippen LogP contribution in [0.5, 0.6) is 0 Å². The number of rotatable bonds is 3. The van der Waals surface area contributed by atoms with Gasteiger partial charge in [0, 0.05) is 35.5 Å². The number of aryl methyl sites for hydroxylation is 2. The monoisotopic (exact) mass is 351 g/mol. The van der Waals surface area contributed by atoms with Crippen molar-refractivity contribution in [2.75, 3.05) is 5.32 Å². The molecular formula is C20H25N5O. The SMILES string of the molecule is Cc1nn(C)c(C)c1C=CC(=O)Nc1ccc2nc(C(C)(C)C)[nH]c2c1. The lowest BCUT2D eigenvalue weighted by molar-refractivity contribution is -0.111. The zero-order chi connectivity index (χ0) is 19.1. The number of hydrogen-bond acceptors (Lipinski definition) is 3. The molecular weight excluding hydrogens is 326 g/mol. The molecule has 1 aromatic carbocycles. The van der Waals surface area contributed by atoms with Gasteiger partial charge in [0.15, 0.2) is 0 Å². The number of fused-ring (bicyclic) bond motifs is 1. The summed E-state index contributed by atoms with van der Waals surface area (Å²) in [7, 11) is 1.89. The Morgan fingerprint density at radius 1 is 1.27 bits per heavy atom. The van der Waals surface area contributed by atoms with Crippen molar-refractivity contribution in [1.29, 1.82) is 0 Å². The molecule has 0 saturated heterocycles. The second kappa shape index (κ2) is 6.44. The Morgan fingerprint density at radius 2 is 2.00 bits per heavy atom. The number of amides is 1. The summed E-state index contributed by atoms with van der Waals surface area (Å²) >= 11 is 0. The minimum absolute atomic E-state index is 0.0510. The molecule has 0 unspecified atom stereocenters. The highest BCUT2D eigenvalue weighted by Gasteiger charge is 2.18. The lowest BCUT2D eigenvalue weighted by Gasteiger charge is -2.13. The van der Waals surface area contributed by atoms with Gasteiger partial charge in [-0.15, -0.1) is 0 Å². The number of hydrogen-bond donors (Lipinski definition) is 2. The Kier molecular flexibility index (Phi) is 4.44. The molecule has 2 N–H and O–H groups in total. The van der Waals surface area contributed by atoms with Crippen molar-refractivity contribution in [2.45, 2.75) is 40.0 Å². The highest BCUT2D eigenvalue weighted by molar-refractivity contribution is 6.02. The third-order valence-corrected chi connectivity index (χ3v) is 4.43. The molecule has 0 bridgehead atoms. The molecule has 0 saturated carbocycles. The van der Waals surface area contributed by atoms with E-state index >= 15 is 0 Å². The Balaban J connectivity index is 1.77. The number of carbonyl (C=O) groups excluding carboxylic acids is 1. The van der Waals surface area contributed by atoms with Gasteiger partial charge >= 0.3 is 0 Å². The smallest absolute Gasteiger partial charge is 0.248 e. The highest BCUT2D eigenvalue weighted by atomic mass is 16.1. The molecule has 0 radical (unpaired) electrons. The van der Waals surface area contributed by atoms with Crippen molar-refractivity contribution < 1.29 is 4.79 Å². The third-order valence-electron chi connectivity index (χ3n) is 4.43. The number of anilines is 1. The Labute approximate surface area is 153 Å². The number of nitrogens with one attached hydrogen (secondary N) is 2. The summed E-state index contributed by atoms with van der Waals surface area (Å²) in [5.74, 6) is 0.751. The summed E-state index contributed by atoms with van der Waals surface area (Å²) in [5.41, 5.74) is 5.39. The van der Waals surface area contributed by atoms with E-state index in [-0.39, 0.29) is 11.3 Å². The molecule has 6 nitrogen and oxygen atoms in total. The molecule has 0 spiro atoms. The molecule has 2 aromatic heterocycles. The Hall–Kier alpha value is -2.89. The van der Waals surface area contributed by atoms with Gasteiger partial charge in [-0.25, -0.2) is 4.98 Å². The van der Waals surface area contributed by atoms with E-state index in [4.69, 9.17) is 0 Å². The van der Waals surface area contributed by atoms with Crippen LogP contribution in [0.3, 0.4) is 0 Å². The second-order valence-corrected chi connectivity index (χ2v) is 7.60. The van der Waals surface area contributed by atoms with Gasteiger partial charge in [0.2, 0.25) is 5.91 Å². The van der Waals surface area contributed by atoms with E-state index in [0.717, 1.165) is 39.5 Å². The van der Waals surface area contributed by atoms with Crippen LogP contribution < -0.4 is 5.32 Å². The maximum atomic E-state index is 12.3. The molecule has 0 fully saturated rings. The van der Waals surface area contributed by atoms with E-state index in [9.17, 15) is 4.79 Å². The fraction of sp³-hybridized carbons (Fsp3) is 0.350. The quantitative estimate of drug-likeness (QED) is 0.704. The van der Waals surface area contributed by atoms with Crippen LogP contribution in [0.15, 0.2) is 24.3 Å². The normalized spacial score (nSPS) is 12.2. The zero-order valence-electron chi connectivity index (χ0n) is 16.1. The lowest BCUT2D eigenvalue weighted by Crippen LogP contribution is -2.12. The van der Waals surface area contributed by atoms with Crippen LogP contribution in [-0.2, 0) is 17.3 Å². The van der Waals surface area contributed by atoms with Crippen molar-refractivity contribution in [2.24, 2.45) is 7.05 Å². The number of carbonyl (C=O) groups is 1. The first kappa shape index (κ1) is 17.9. The topological polar surface area (TPSA) is 75.6 Å². The van der Waals surface area contributed by atoms with Gasteiger partial charge in [0.25, 0.3) is 0 Å². The van der Waals surface area contributed by atoms with Crippen LogP contribution in [0.2, 0.25) is 0 Å². The fourth-order valence-corrected chi connectivity index (χ4v) is 2.82. The molecule has 6 heteroatoms. The van der Waals surface area contributed by atoms with Gasteiger partial charge in [-0.05, 0) is 38.1 Å². The van der Waals surface area contributed by atoms with E-state index in [2.05, 4.69) is 41.2 Å². The minimum atomic E-state index is -0.178. The second-order valence-electron chi connectivity index (χ2n) is 7.60. The van der Waals surface area contributed by atoms with Crippen LogP contribution in [0.4, 0.5) is 5.69 Å². The van der Waals surface area contributed by atoms with Gasteiger partial charge in [-0.1, -0.05) is 20.8 Å². The molecule has 2 heterocycles. The molecule has 3 rings (SSSR count). The first-order chi connectivity index (χ1) is 12.1. The van der Waals surface area contributed by atoms with Crippen LogP contribution in [0.25, 0.3) is 17.1 Å². The molecule has 3 aromatic rings. The van der Waals surface area contributed by atoms with Crippen molar-refractivity contribution in [3.8, 4) is 0 Å². The molecule has 26 heavy (non-hydrogen) atoms. The number of benzene rings is 1.